The maximum absolute atomic E-state index is 10.6. The van der Waals surface area contributed by atoms with E-state index in [0.717, 1.165) is 40.5 Å². The molecule has 0 spiro atoms. The van der Waals surface area contributed by atoms with E-state index in [-0.39, 0.29) is 17.4 Å². The highest BCUT2D eigenvalue weighted by Crippen LogP contribution is 2.54. The van der Waals surface area contributed by atoms with Crippen molar-refractivity contribution < 1.29 is 9.94 Å². The van der Waals surface area contributed by atoms with E-state index < -0.39 is 5.60 Å². The van der Waals surface area contributed by atoms with Gasteiger partial charge in [-0.05, 0) is 63.8 Å². The number of nitrogens with zero attached hydrogens (tertiary/aromatic N) is 4. The third-order valence-electron chi connectivity index (χ3n) is 6.44. The molecular weight excluding hydrogens is 400 g/mol. The van der Waals surface area contributed by atoms with E-state index in [1.54, 1.807) is 13.8 Å². The minimum Gasteiger partial charge on any atom is -0.392 e. The van der Waals surface area contributed by atoms with Crippen LogP contribution in [0.3, 0.4) is 0 Å². The average molecular weight is 425 g/mol. The SMILES string of the molecule is CC1=NOC(C)C1c1cc(C2(c3nnc4c(C(C)(C)O)cccn34)CC2)ccc1Cl. The number of hydrogen-bond donors (Lipinski definition) is 1. The van der Waals surface area contributed by atoms with Gasteiger partial charge in [-0.1, -0.05) is 35.0 Å². The van der Waals surface area contributed by atoms with Gasteiger partial charge in [0.1, 0.15) is 11.9 Å². The zero-order chi connectivity index (χ0) is 21.3. The molecule has 2 unspecified atom stereocenters. The maximum atomic E-state index is 10.6. The van der Waals surface area contributed by atoms with Gasteiger partial charge in [-0.15, -0.1) is 10.2 Å². The molecule has 2 aliphatic rings. The predicted molar refractivity (Wildman–Crippen MR) is 116 cm³/mol. The molecule has 30 heavy (non-hydrogen) atoms. The minimum absolute atomic E-state index is 0.0452. The van der Waals surface area contributed by atoms with Crippen LogP contribution in [0.1, 0.15) is 69.0 Å². The zero-order valence-corrected chi connectivity index (χ0v) is 18.3. The summed E-state index contributed by atoms with van der Waals surface area (Å²) in [6, 6.07) is 10.1. The Labute approximate surface area is 180 Å². The summed E-state index contributed by atoms with van der Waals surface area (Å²) in [6.07, 6.45) is 3.91. The number of benzene rings is 1. The molecule has 0 saturated heterocycles. The molecule has 6 nitrogen and oxygen atoms in total. The van der Waals surface area contributed by atoms with Gasteiger partial charge in [-0.25, -0.2) is 0 Å². The third kappa shape index (κ3) is 2.85. The lowest BCUT2D eigenvalue weighted by Crippen LogP contribution is -2.20. The first-order valence-corrected chi connectivity index (χ1v) is 10.7. The molecule has 1 fully saturated rings. The van der Waals surface area contributed by atoms with Crippen molar-refractivity contribution in [2.24, 2.45) is 5.16 Å². The highest BCUT2D eigenvalue weighted by molar-refractivity contribution is 6.31. The zero-order valence-electron chi connectivity index (χ0n) is 17.6. The van der Waals surface area contributed by atoms with Crippen molar-refractivity contribution >= 4 is 23.0 Å². The molecule has 1 N–H and O–H groups in total. The molecule has 2 aromatic heterocycles. The highest BCUT2D eigenvalue weighted by atomic mass is 35.5. The van der Waals surface area contributed by atoms with Gasteiger partial charge in [0.05, 0.1) is 22.6 Å². The summed E-state index contributed by atoms with van der Waals surface area (Å²) < 4.78 is 2.02. The Morgan fingerprint density at radius 2 is 2.00 bits per heavy atom. The maximum Gasteiger partial charge on any atom is 0.166 e. The van der Waals surface area contributed by atoms with Gasteiger partial charge in [0.15, 0.2) is 5.65 Å². The number of oxime groups is 1. The smallest absolute Gasteiger partial charge is 0.166 e. The first kappa shape index (κ1) is 19.5. The topological polar surface area (TPSA) is 72.0 Å². The fraction of sp³-hybridized carbons (Fsp3) is 0.435. The number of halogens is 1. The van der Waals surface area contributed by atoms with Gasteiger partial charge in [0, 0.05) is 16.8 Å². The summed E-state index contributed by atoms with van der Waals surface area (Å²) >= 11 is 6.60. The fourth-order valence-corrected chi connectivity index (χ4v) is 4.90. The molecular formula is C23H25ClN4O2. The van der Waals surface area contributed by atoms with Crippen LogP contribution >= 0.6 is 11.6 Å². The number of fused-ring (bicyclic) bond motifs is 1. The molecule has 7 heteroatoms. The van der Waals surface area contributed by atoms with Crippen molar-refractivity contribution in [3.05, 3.63) is 64.1 Å². The lowest BCUT2D eigenvalue weighted by molar-refractivity contribution is 0.0796. The van der Waals surface area contributed by atoms with Crippen molar-refractivity contribution in [2.75, 3.05) is 0 Å². The van der Waals surface area contributed by atoms with Crippen LogP contribution in [0.15, 0.2) is 41.7 Å². The van der Waals surface area contributed by atoms with Gasteiger partial charge in [0.2, 0.25) is 0 Å². The van der Waals surface area contributed by atoms with Gasteiger partial charge in [-0.2, -0.15) is 0 Å². The third-order valence-corrected chi connectivity index (χ3v) is 6.78. The summed E-state index contributed by atoms with van der Waals surface area (Å²) in [7, 11) is 0. The molecule has 1 aliphatic heterocycles. The van der Waals surface area contributed by atoms with Crippen LogP contribution in [-0.2, 0) is 15.9 Å². The second kappa shape index (κ2) is 6.53. The molecule has 3 heterocycles. The van der Waals surface area contributed by atoms with Crippen LogP contribution < -0.4 is 0 Å². The Kier molecular flexibility index (Phi) is 4.25. The Bertz CT molecular complexity index is 1170. The summed E-state index contributed by atoms with van der Waals surface area (Å²) in [5.74, 6) is 0.947. The molecule has 156 valence electrons. The monoisotopic (exact) mass is 424 g/mol. The molecule has 0 bridgehead atoms. The standard InChI is InChI=1S/C23H25ClN4O2/c1-13-19(14(2)30-27-13)16-12-15(7-8-18(16)24)23(9-10-23)21-26-25-20-17(22(3,4)29)6-5-11-28(20)21/h5-8,11-12,14,19,29H,9-10H2,1-4H3. The fourth-order valence-electron chi connectivity index (χ4n) is 4.67. The largest absolute Gasteiger partial charge is 0.392 e. The minimum atomic E-state index is -0.994. The van der Waals surface area contributed by atoms with Crippen molar-refractivity contribution in [2.45, 2.75) is 63.6 Å². The molecule has 1 saturated carbocycles. The Morgan fingerprint density at radius 3 is 2.63 bits per heavy atom. The van der Waals surface area contributed by atoms with Crippen LogP contribution in [0.2, 0.25) is 5.02 Å². The lowest BCUT2D eigenvalue weighted by Gasteiger charge is -2.21. The molecule has 0 amide bonds. The number of aromatic nitrogens is 3. The highest BCUT2D eigenvalue weighted by Gasteiger charge is 2.50. The van der Waals surface area contributed by atoms with Crippen LogP contribution in [0, 0.1) is 0 Å². The van der Waals surface area contributed by atoms with E-state index in [1.807, 2.05) is 42.6 Å². The van der Waals surface area contributed by atoms with Crippen LogP contribution in [0.5, 0.6) is 0 Å². The summed E-state index contributed by atoms with van der Waals surface area (Å²) in [5.41, 5.74) is 3.42. The Balaban J connectivity index is 1.63. The number of pyridine rings is 1. The van der Waals surface area contributed by atoms with Crippen molar-refractivity contribution in [1.82, 2.24) is 14.6 Å². The van der Waals surface area contributed by atoms with E-state index in [2.05, 4.69) is 27.5 Å². The Morgan fingerprint density at radius 1 is 1.23 bits per heavy atom. The van der Waals surface area contributed by atoms with Crippen LogP contribution in [-0.4, -0.2) is 31.5 Å². The molecule has 1 aromatic carbocycles. The van der Waals surface area contributed by atoms with Gasteiger partial charge in [0.25, 0.3) is 0 Å². The summed E-state index contributed by atoms with van der Waals surface area (Å²) in [5, 5.41) is 24.5. The number of aliphatic hydroxyl groups is 1. The van der Waals surface area contributed by atoms with E-state index in [0.29, 0.717) is 5.65 Å². The lowest BCUT2D eigenvalue weighted by atomic mass is 9.86. The number of hydrogen-bond acceptors (Lipinski definition) is 5. The van der Waals surface area contributed by atoms with Crippen molar-refractivity contribution in [3.63, 3.8) is 0 Å². The van der Waals surface area contributed by atoms with Gasteiger partial charge < -0.3 is 9.94 Å². The molecule has 5 rings (SSSR count). The van der Waals surface area contributed by atoms with E-state index >= 15 is 0 Å². The van der Waals surface area contributed by atoms with Gasteiger partial charge >= 0.3 is 0 Å². The summed E-state index contributed by atoms with van der Waals surface area (Å²) in [4.78, 5) is 5.48. The van der Waals surface area contributed by atoms with E-state index in [9.17, 15) is 5.11 Å². The molecule has 0 radical (unpaired) electrons. The average Bonchev–Trinajstić information content (AvgIpc) is 3.27. The predicted octanol–water partition coefficient (Wildman–Crippen LogP) is 4.57. The Hall–Kier alpha value is -2.44. The van der Waals surface area contributed by atoms with Crippen molar-refractivity contribution in [3.8, 4) is 0 Å². The van der Waals surface area contributed by atoms with Gasteiger partial charge in [-0.3, -0.25) is 4.40 Å². The van der Waals surface area contributed by atoms with Crippen LogP contribution in [0.4, 0.5) is 0 Å². The second-order valence-corrected chi connectivity index (χ2v) is 9.44. The molecule has 2 atom stereocenters. The van der Waals surface area contributed by atoms with Crippen LogP contribution in [0.25, 0.3) is 5.65 Å². The first-order valence-electron chi connectivity index (χ1n) is 10.3. The first-order chi connectivity index (χ1) is 14.2. The summed E-state index contributed by atoms with van der Waals surface area (Å²) in [6.45, 7) is 7.53. The van der Waals surface area contributed by atoms with E-state index in [1.165, 1.54) is 5.56 Å². The second-order valence-electron chi connectivity index (χ2n) is 9.04. The van der Waals surface area contributed by atoms with E-state index in [4.69, 9.17) is 16.4 Å². The molecule has 1 aliphatic carbocycles. The number of rotatable bonds is 4. The molecule has 3 aromatic rings. The normalized spacial score (nSPS) is 22.8. The van der Waals surface area contributed by atoms with Crippen molar-refractivity contribution in [1.29, 1.82) is 0 Å². The quantitative estimate of drug-likeness (QED) is 0.666.